The van der Waals surface area contributed by atoms with E-state index in [9.17, 15) is 31.0 Å². The molecule has 3 aromatic rings. The molecule has 0 aliphatic carbocycles. The minimum atomic E-state index is -4.56. The second-order valence-electron chi connectivity index (χ2n) is 6.53. The molecule has 0 amide bonds. The molecule has 3 rings (SSSR count). The Morgan fingerprint density at radius 1 is 0.933 bits per heavy atom. The van der Waals surface area contributed by atoms with Crippen molar-refractivity contribution in [3.8, 4) is 11.5 Å². The maximum absolute atomic E-state index is 11.9. The Bertz CT molecular complexity index is 1350. The predicted molar refractivity (Wildman–Crippen MR) is 111 cm³/mol. The van der Waals surface area contributed by atoms with Crippen LogP contribution in [0, 0.1) is 0 Å². The molecule has 0 aromatic heterocycles. The maximum atomic E-state index is 11.9. The van der Waals surface area contributed by atoms with Gasteiger partial charge >= 0.3 is 0 Å². The average Bonchev–Trinajstić information content (AvgIpc) is 2.66. The third-order valence-corrected chi connectivity index (χ3v) is 6.37. The molecular weight excluding hydrogens is 434 g/mol. The van der Waals surface area contributed by atoms with Gasteiger partial charge in [0.1, 0.15) is 16.4 Å². The summed E-state index contributed by atoms with van der Waals surface area (Å²) in [5.41, 5.74) is 1.27. The van der Waals surface area contributed by atoms with E-state index in [0.29, 0.717) is 16.6 Å². The number of anilines is 1. The zero-order valence-corrected chi connectivity index (χ0v) is 17.6. The van der Waals surface area contributed by atoms with Crippen LogP contribution in [0.4, 0.5) is 5.69 Å². The highest BCUT2D eigenvalue weighted by Gasteiger charge is 2.20. The summed E-state index contributed by atoms with van der Waals surface area (Å²) in [6, 6.07) is 9.54. The molecule has 0 atom stereocenters. The van der Waals surface area contributed by atoms with Gasteiger partial charge in [0.25, 0.3) is 20.2 Å². The quantitative estimate of drug-likeness (QED) is 0.413. The van der Waals surface area contributed by atoms with Crippen molar-refractivity contribution in [2.75, 3.05) is 19.5 Å². The number of phenolic OH excluding ortho intramolecular Hbond substituents is 1. The molecule has 9 nitrogen and oxygen atoms in total. The molecule has 0 heterocycles. The molecule has 0 unspecified atom stereocenters. The molecule has 0 saturated carbocycles. The van der Waals surface area contributed by atoms with Gasteiger partial charge in [-0.05, 0) is 47.2 Å². The Morgan fingerprint density at radius 2 is 1.63 bits per heavy atom. The average molecular weight is 453 g/mol. The summed E-state index contributed by atoms with van der Waals surface area (Å²) < 4.78 is 70.7. The molecule has 11 heteroatoms. The van der Waals surface area contributed by atoms with E-state index in [-0.39, 0.29) is 28.0 Å². The van der Waals surface area contributed by atoms with Crippen LogP contribution in [0.1, 0.15) is 11.1 Å². The highest BCUT2D eigenvalue weighted by molar-refractivity contribution is 7.86. The number of methoxy groups -OCH3 is 1. The van der Waals surface area contributed by atoms with E-state index in [1.807, 2.05) is 0 Å². The number of fused-ring (bicyclic) bond motifs is 1. The minimum Gasteiger partial charge on any atom is -0.507 e. The molecule has 0 fully saturated rings. The fourth-order valence-corrected chi connectivity index (χ4v) is 4.51. The minimum absolute atomic E-state index is 0.0100. The van der Waals surface area contributed by atoms with Crippen LogP contribution in [0.2, 0.25) is 0 Å². The highest BCUT2D eigenvalue weighted by Crippen LogP contribution is 2.36. The first-order valence-corrected chi connectivity index (χ1v) is 11.4. The molecule has 0 spiro atoms. The normalized spacial score (nSPS) is 12.1. The van der Waals surface area contributed by atoms with Crippen molar-refractivity contribution in [1.82, 2.24) is 0 Å². The Hall–Kier alpha value is -2.86. The monoisotopic (exact) mass is 453 g/mol. The van der Waals surface area contributed by atoms with Crippen molar-refractivity contribution in [2.24, 2.45) is 0 Å². The number of hydrogen-bond donors (Lipinski definition) is 4. The van der Waals surface area contributed by atoms with Gasteiger partial charge in [0, 0.05) is 30.3 Å². The number of hydrogen-bond acceptors (Lipinski definition) is 7. The summed E-state index contributed by atoms with van der Waals surface area (Å²) >= 11 is 0. The second-order valence-corrected chi connectivity index (χ2v) is 9.34. The molecule has 0 bridgehead atoms. The summed E-state index contributed by atoms with van der Waals surface area (Å²) in [4.78, 5) is -0.825. The van der Waals surface area contributed by atoms with Crippen molar-refractivity contribution in [3.05, 3.63) is 53.6 Å². The number of rotatable bonds is 6. The van der Waals surface area contributed by atoms with Gasteiger partial charge in [-0.2, -0.15) is 16.8 Å². The molecular formula is C19H19NO8S2. The topological polar surface area (TPSA) is 150 Å². The van der Waals surface area contributed by atoms with Crippen LogP contribution in [0.25, 0.3) is 10.8 Å². The number of nitrogens with one attached hydrogen (secondary N) is 1. The Balaban J connectivity index is 2.27. The fourth-order valence-electron chi connectivity index (χ4n) is 3.24. The van der Waals surface area contributed by atoms with E-state index >= 15 is 0 Å². The van der Waals surface area contributed by atoms with Crippen LogP contribution < -0.4 is 10.1 Å². The van der Waals surface area contributed by atoms with E-state index in [0.717, 1.165) is 6.07 Å². The maximum Gasteiger partial charge on any atom is 0.294 e. The van der Waals surface area contributed by atoms with Gasteiger partial charge in [0.05, 0.1) is 12.0 Å². The van der Waals surface area contributed by atoms with Crippen LogP contribution in [0.15, 0.2) is 52.3 Å². The Kier molecular flexibility index (Phi) is 5.65. The third kappa shape index (κ3) is 4.33. The van der Waals surface area contributed by atoms with Gasteiger partial charge < -0.3 is 15.2 Å². The lowest BCUT2D eigenvalue weighted by molar-refractivity contribution is 0.412. The molecule has 4 N–H and O–H groups in total. The molecule has 0 aliphatic rings. The number of ether oxygens (including phenoxy) is 1. The lowest BCUT2D eigenvalue weighted by Gasteiger charge is -2.15. The third-order valence-electron chi connectivity index (χ3n) is 4.60. The molecule has 0 radical (unpaired) electrons. The summed E-state index contributed by atoms with van der Waals surface area (Å²) in [7, 11) is -6.12. The largest absolute Gasteiger partial charge is 0.507 e. The van der Waals surface area contributed by atoms with Gasteiger partial charge in [0.15, 0.2) is 0 Å². The second kappa shape index (κ2) is 7.76. The van der Waals surface area contributed by atoms with Gasteiger partial charge in [0.2, 0.25) is 0 Å². The fraction of sp³-hybridized carbons (Fsp3) is 0.158. The van der Waals surface area contributed by atoms with Gasteiger partial charge in [-0.1, -0.05) is 6.07 Å². The molecule has 0 aliphatic heterocycles. The lowest BCUT2D eigenvalue weighted by atomic mass is 9.96. The first-order chi connectivity index (χ1) is 13.9. The van der Waals surface area contributed by atoms with Gasteiger partial charge in [-0.25, -0.2) is 0 Å². The number of aromatic hydroxyl groups is 1. The van der Waals surface area contributed by atoms with Crippen molar-refractivity contribution >= 4 is 36.7 Å². The molecule has 3 aromatic carbocycles. The van der Waals surface area contributed by atoms with Crippen molar-refractivity contribution in [2.45, 2.75) is 16.2 Å². The summed E-state index contributed by atoms with van der Waals surface area (Å²) in [6.45, 7) is 0. The Labute approximate surface area is 173 Å². The smallest absolute Gasteiger partial charge is 0.294 e. The van der Waals surface area contributed by atoms with Crippen molar-refractivity contribution in [3.63, 3.8) is 0 Å². The van der Waals surface area contributed by atoms with Gasteiger partial charge in [-0.3, -0.25) is 9.11 Å². The van der Waals surface area contributed by atoms with Crippen LogP contribution in [0.5, 0.6) is 11.5 Å². The molecule has 0 saturated heterocycles. The lowest BCUT2D eigenvalue weighted by Crippen LogP contribution is -2.05. The van der Waals surface area contributed by atoms with Crippen LogP contribution in [0.3, 0.4) is 0 Å². The highest BCUT2D eigenvalue weighted by atomic mass is 32.2. The number of phenols is 1. The van der Waals surface area contributed by atoms with E-state index in [1.54, 1.807) is 19.2 Å². The standard InChI is InChI=1S/C19H19NO8S2/c1-20-14-6-12(5-11-3-4-15(28-2)9-18(11)30(25,26)27)19-13(7-14)8-16(10-17(19)21)29(22,23)24/h3-4,6-10,20-21H,5H2,1-2H3,(H,22,23,24)(H,25,26,27). The Morgan fingerprint density at radius 3 is 2.20 bits per heavy atom. The first kappa shape index (κ1) is 21.8. The zero-order chi connectivity index (χ0) is 22.3. The van der Waals surface area contributed by atoms with Crippen LogP contribution >= 0.6 is 0 Å². The molecule has 30 heavy (non-hydrogen) atoms. The zero-order valence-electron chi connectivity index (χ0n) is 15.9. The van der Waals surface area contributed by atoms with Crippen LogP contribution in [-0.2, 0) is 26.7 Å². The van der Waals surface area contributed by atoms with E-state index in [2.05, 4.69) is 5.32 Å². The summed E-state index contributed by atoms with van der Waals surface area (Å²) in [5, 5.41) is 14.0. The predicted octanol–water partition coefficient (Wildman–Crippen LogP) is 2.68. The van der Waals surface area contributed by atoms with E-state index < -0.39 is 30.9 Å². The first-order valence-electron chi connectivity index (χ1n) is 8.53. The van der Waals surface area contributed by atoms with Crippen LogP contribution in [-0.4, -0.2) is 45.2 Å². The SMILES string of the molecule is CNc1cc(Cc2ccc(OC)cc2S(=O)(=O)O)c2c(O)cc(S(=O)(=O)O)cc2c1. The van der Waals surface area contributed by atoms with Crippen molar-refractivity contribution < 1.29 is 35.8 Å². The number of benzene rings is 3. The summed E-state index contributed by atoms with van der Waals surface area (Å²) in [6.07, 6.45) is -0.0100. The van der Waals surface area contributed by atoms with E-state index in [1.165, 1.54) is 31.4 Å². The van der Waals surface area contributed by atoms with E-state index in [4.69, 9.17) is 4.74 Å². The van der Waals surface area contributed by atoms with Gasteiger partial charge in [-0.15, -0.1) is 0 Å². The molecule has 160 valence electrons. The van der Waals surface area contributed by atoms with Crippen molar-refractivity contribution in [1.29, 1.82) is 0 Å². The summed E-state index contributed by atoms with van der Waals surface area (Å²) in [5.74, 6) is -0.166.